The number of nitrogens with zero attached hydrogens (tertiary/aromatic N) is 2. The highest BCUT2D eigenvalue weighted by Crippen LogP contribution is 2.26. The van der Waals surface area contributed by atoms with Crippen molar-refractivity contribution >= 4 is 11.8 Å². The number of carbonyl (C=O) groups excluding carboxylic acids is 2. The zero-order valence-corrected chi connectivity index (χ0v) is 13.4. The SMILES string of the molecule is C[C@H](NC(=O)CC1CCCCC1)C(=O)N(C)[C@H](C)CC#N. The maximum Gasteiger partial charge on any atom is 0.244 e. The van der Waals surface area contributed by atoms with Gasteiger partial charge in [-0.3, -0.25) is 9.59 Å². The third-order valence-corrected chi connectivity index (χ3v) is 4.34. The lowest BCUT2D eigenvalue weighted by Gasteiger charge is -2.27. The molecule has 0 spiro atoms. The zero-order chi connectivity index (χ0) is 15.8. The highest BCUT2D eigenvalue weighted by molar-refractivity contribution is 5.87. The van der Waals surface area contributed by atoms with Gasteiger partial charge in [-0.1, -0.05) is 19.3 Å². The number of amides is 2. The van der Waals surface area contributed by atoms with Crippen LogP contribution in [0.2, 0.25) is 0 Å². The number of rotatable bonds is 6. The lowest BCUT2D eigenvalue weighted by molar-refractivity contribution is -0.136. The van der Waals surface area contributed by atoms with Gasteiger partial charge in [-0.15, -0.1) is 0 Å². The number of nitriles is 1. The number of likely N-dealkylation sites (N-methyl/N-ethyl adjacent to an activating group) is 1. The Balaban J connectivity index is 2.40. The van der Waals surface area contributed by atoms with Crippen LogP contribution in [0.4, 0.5) is 0 Å². The van der Waals surface area contributed by atoms with E-state index in [1.54, 1.807) is 14.0 Å². The van der Waals surface area contributed by atoms with Crippen LogP contribution in [0.3, 0.4) is 0 Å². The first-order valence-electron chi connectivity index (χ1n) is 7.88. The van der Waals surface area contributed by atoms with E-state index in [2.05, 4.69) is 11.4 Å². The van der Waals surface area contributed by atoms with Crippen molar-refractivity contribution in [3.63, 3.8) is 0 Å². The second kappa shape index (κ2) is 8.66. The Morgan fingerprint density at radius 2 is 1.90 bits per heavy atom. The molecule has 0 heterocycles. The van der Waals surface area contributed by atoms with Gasteiger partial charge in [-0.25, -0.2) is 0 Å². The third-order valence-electron chi connectivity index (χ3n) is 4.34. The van der Waals surface area contributed by atoms with Crippen molar-refractivity contribution in [1.82, 2.24) is 10.2 Å². The van der Waals surface area contributed by atoms with Crippen molar-refractivity contribution in [2.45, 2.75) is 70.9 Å². The van der Waals surface area contributed by atoms with Gasteiger partial charge in [0.05, 0.1) is 12.5 Å². The van der Waals surface area contributed by atoms with E-state index in [0.29, 0.717) is 18.8 Å². The molecule has 21 heavy (non-hydrogen) atoms. The molecule has 1 N–H and O–H groups in total. The number of carbonyl (C=O) groups is 2. The Labute approximate surface area is 127 Å². The monoisotopic (exact) mass is 293 g/mol. The normalized spacial score (nSPS) is 18.4. The number of hydrogen-bond acceptors (Lipinski definition) is 3. The lowest BCUT2D eigenvalue weighted by atomic mass is 9.87. The Morgan fingerprint density at radius 3 is 2.48 bits per heavy atom. The summed E-state index contributed by atoms with van der Waals surface area (Å²) in [6.07, 6.45) is 6.75. The van der Waals surface area contributed by atoms with Crippen molar-refractivity contribution in [3.05, 3.63) is 0 Å². The van der Waals surface area contributed by atoms with Gasteiger partial charge in [-0.05, 0) is 32.6 Å². The summed E-state index contributed by atoms with van der Waals surface area (Å²) in [7, 11) is 1.67. The van der Waals surface area contributed by atoms with Crippen LogP contribution < -0.4 is 5.32 Å². The smallest absolute Gasteiger partial charge is 0.244 e. The minimum absolute atomic E-state index is 0.0379. The molecule has 5 nitrogen and oxygen atoms in total. The molecule has 0 aromatic heterocycles. The van der Waals surface area contributed by atoms with Gasteiger partial charge in [0.15, 0.2) is 0 Å². The van der Waals surface area contributed by atoms with Crippen molar-refractivity contribution < 1.29 is 9.59 Å². The molecule has 0 radical (unpaired) electrons. The zero-order valence-electron chi connectivity index (χ0n) is 13.4. The van der Waals surface area contributed by atoms with Gasteiger partial charge < -0.3 is 10.2 Å². The Morgan fingerprint density at radius 1 is 1.29 bits per heavy atom. The molecule has 0 bridgehead atoms. The van der Waals surface area contributed by atoms with Crippen LogP contribution in [0.5, 0.6) is 0 Å². The van der Waals surface area contributed by atoms with Crippen molar-refractivity contribution in [2.24, 2.45) is 5.92 Å². The maximum atomic E-state index is 12.2. The average Bonchev–Trinajstić information content (AvgIpc) is 2.46. The molecule has 2 amide bonds. The van der Waals surface area contributed by atoms with Crippen LogP contribution in [-0.4, -0.2) is 35.8 Å². The molecular formula is C16H27N3O2. The summed E-state index contributed by atoms with van der Waals surface area (Å²) < 4.78 is 0. The Kier molecular flexibility index (Phi) is 7.21. The molecule has 1 aliphatic carbocycles. The Bertz CT molecular complexity index is 397. The molecule has 1 fully saturated rings. The van der Waals surface area contributed by atoms with Crippen LogP contribution in [0.1, 0.15) is 58.8 Å². The lowest BCUT2D eigenvalue weighted by Crippen LogP contribution is -2.48. The summed E-state index contributed by atoms with van der Waals surface area (Å²) in [4.78, 5) is 25.7. The summed E-state index contributed by atoms with van der Waals surface area (Å²) in [6.45, 7) is 3.54. The third kappa shape index (κ3) is 5.74. The second-order valence-electron chi connectivity index (χ2n) is 6.16. The van der Waals surface area contributed by atoms with Crippen LogP contribution in [0, 0.1) is 17.2 Å². The topological polar surface area (TPSA) is 73.2 Å². The maximum absolute atomic E-state index is 12.2. The molecule has 0 aliphatic heterocycles. The van der Waals surface area contributed by atoms with Crippen molar-refractivity contribution in [2.75, 3.05) is 7.05 Å². The minimum atomic E-state index is -0.535. The molecule has 1 aliphatic rings. The largest absolute Gasteiger partial charge is 0.345 e. The quantitative estimate of drug-likeness (QED) is 0.816. The van der Waals surface area contributed by atoms with Crippen LogP contribution in [0.25, 0.3) is 0 Å². The Hall–Kier alpha value is -1.57. The minimum Gasteiger partial charge on any atom is -0.345 e. The van der Waals surface area contributed by atoms with E-state index >= 15 is 0 Å². The van der Waals surface area contributed by atoms with Gasteiger partial charge in [0.1, 0.15) is 6.04 Å². The summed E-state index contributed by atoms with van der Waals surface area (Å²) in [5.41, 5.74) is 0. The molecule has 0 unspecified atom stereocenters. The highest BCUT2D eigenvalue weighted by Gasteiger charge is 2.24. The highest BCUT2D eigenvalue weighted by atomic mass is 16.2. The predicted molar refractivity (Wildman–Crippen MR) is 81.3 cm³/mol. The van der Waals surface area contributed by atoms with E-state index in [1.807, 2.05) is 6.92 Å². The summed E-state index contributed by atoms with van der Waals surface area (Å²) in [6, 6.07) is 1.38. The molecule has 118 valence electrons. The molecule has 5 heteroatoms. The molecule has 1 saturated carbocycles. The van der Waals surface area contributed by atoms with E-state index in [4.69, 9.17) is 5.26 Å². The van der Waals surface area contributed by atoms with E-state index in [9.17, 15) is 9.59 Å². The van der Waals surface area contributed by atoms with E-state index in [1.165, 1.54) is 24.2 Å². The number of hydrogen-bond donors (Lipinski definition) is 1. The molecule has 0 aromatic rings. The molecular weight excluding hydrogens is 266 g/mol. The standard InChI is InChI=1S/C16H27N3O2/c1-12(9-10-17)19(3)16(21)13(2)18-15(20)11-14-7-5-4-6-8-14/h12-14H,4-9,11H2,1-3H3,(H,18,20)/t12-,13+/m1/s1. The molecule has 0 saturated heterocycles. The van der Waals surface area contributed by atoms with Crippen LogP contribution in [0.15, 0.2) is 0 Å². The van der Waals surface area contributed by atoms with E-state index in [0.717, 1.165) is 12.8 Å². The molecule has 1 rings (SSSR count). The van der Waals surface area contributed by atoms with Gasteiger partial charge in [-0.2, -0.15) is 5.26 Å². The summed E-state index contributed by atoms with van der Waals surface area (Å²) >= 11 is 0. The first kappa shape index (κ1) is 17.5. The van der Waals surface area contributed by atoms with Crippen molar-refractivity contribution in [3.8, 4) is 6.07 Å². The van der Waals surface area contributed by atoms with Gasteiger partial charge in [0, 0.05) is 19.5 Å². The van der Waals surface area contributed by atoms with E-state index in [-0.39, 0.29) is 17.9 Å². The first-order valence-corrected chi connectivity index (χ1v) is 7.88. The van der Waals surface area contributed by atoms with Gasteiger partial charge in [0.2, 0.25) is 11.8 Å². The second-order valence-corrected chi connectivity index (χ2v) is 6.16. The van der Waals surface area contributed by atoms with Crippen LogP contribution in [-0.2, 0) is 9.59 Å². The fourth-order valence-electron chi connectivity index (χ4n) is 2.81. The first-order chi connectivity index (χ1) is 9.95. The summed E-state index contributed by atoms with van der Waals surface area (Å²) in [5.74, 6) is 0.287. The fraction of sp³-hybridized carbons (Fsp3) is 0.812. The predicted octanol–water partition coefficient (Wildman–Crippen LogP) is 2.22. The van der Waals surface area contributed by atoms with Gasteiger partial charge in [0.25, 0.3) is 0 Å². The summed E-state index contributed by atoms with van der Waals surface area (Å²) in [5, 5.41) is 11.5. The fourth-order valence-corrected chi connectivity index (χ4v) is 2.81. The van der Waals surface area contributed by atoms with Gasteiger partial charge >= 0.3 is 0 Å². The van der Waals surface area contributed by atoms with Crippen LogP contribution >= 0.6 is 0 Å². The van der Waals surface area contributed by atoms with Crippen molar-refractivity contribution in [1.29, 1.82) is 5.26 Å². The molecule has 0 aromatic carbocycles. The average molecular weight is 293 g/mol. The van der Waals surface area contributed by atoms with E-state index < -0.39 is 6.04 Å². The number of nitrogens with one attached hydrogen (secondary N) is 1. The molecule has 2 atom stereocenters.